The van der Waals surface area contributed by atoms with E-state index in [-0.39, 0.29) is 24.7 Å². The molecule has 0 aliphatic heterocycles. The molecule has 1 unspecified atom stereocenters. The van der Waals surface area contributed by atoms with Gasteiger partial charge in [-0.1, -0.05) is 42.5 Å². The molecule has 1 fully saturated rings. The predicted molar refractivity (Wildman–Crippen MR) is 146 cm³/mol. The molecule has 0 bridgehead atoms. The van der Waals surface area contributed by atoms with Crippen LogP contribution in [-0.4, -0.2) is 36.2 Å². The predicted octanol–water partition coefficient (Wildman–Crippen LogP) is 4.86. The van der Waals surface area contributed by atoms with Crippen molar-refractivity contribution in [3.8, 4) is 0 Å². The lowest BCUT2D eigenvalue weighted by Crippen LogP contribution is -2.30. The standard InChI is InChI=1S/C30H31N5O3/c1-4-38-26(36)15-24(20-10-6-5-7-11-20)35-29-25(16-31-28(32-29)21-13-14-21)34(30(35)37)18-22-17-33(3)23-12-8-9-19(2)27(22)23/h5-12,16-17,21,24H,4,13-15,18H2,1-3H3. The molecule has 0 amide bonds. The summed E-state index contributed by atoms with van der Waals surface area (Å²) in [5, 5.41) is 1.14. The Labute approximate surface area is 220 Å². The summed E-state index contributed by atoms with van der Waals surface area (Å²) < 4.78 is 10.8. The molecule has 3 aromatic heterocycles. The lowest BCUT2D eigenvalue weighted by Gasteiger charge is -2.18. The number of esters is 1. The van der Waals surface area contributed by atoms with Crippen LogP contribution < -0.4 is 5.69 Å². The third-order valence-corrected chi connectivity index (χ3v) is 7.46. The molecule has 0 radical (unpaired) electrons. The van der Waals surface area contributed by atoms with Gasteiger partial charge in [-0.3, -0.25) is 13.9 Å². The van der Waals surface area contributed by atoms with Gasteiger partial charge in [-0.15, -0.1) is 0 Å². The largest absolute Gasteiger partial charge is 0.466 e. The Morgan fingerprint density at radius 1 is 1.11 bits per heavy atom. The maximum Gasteiger partial charge on any atom is 0.331 e. The highest BCUT2D eigenvalue weighted by Gasteiger charge is 2.30. The summed E-state index contributed by atoms with van der Waals surface area (Å²) in [5.41, 5.74) is 5.19. The molecule has 1 aliphatic carbocycles. The minimum Gasteiger partial charge on any atom is -0.466 e. The zero-order chi connectivity index (χ0) is 26.4. The van der Waals surface area contributed by atoms with E-state index in [1.165, 1.54) is 0 Å². The number of carbonyl (C=O) groups excluding carboxylic acids is 1. The molecule has 0 spiro atoms. The van der Waals surface area contributed by atoms with E-state index in [1.807, 2.05) is 43.4 Å². The molecule has 38 heavy (non-hydrogen) atoms. The van der Waals surface area contributed by atoms with Gasteiger partial charge >= 0.3 is 11.7 Å². The molecule has 0 N–H and O–H groups in total. The Hall–Kier alpha value is -4.20. The van der Waals surface area contributed by atoms with Crippen LogP contribution in [0, 0.1) is 6.92 Å². The van der Waals surface area contributed by atoms with Crippen LogP contribution >= 0.6 is 0 Å². The number of fused-ring (bicyclic) bond motifs is 2. The molecule has 8 heteroatoms. The van der Waals surface area contributed by atoms with E-state index in [0.29, 0.717) is 23.6 Å². The molecule has 1 atom stereocenters. The zero-order valence-electron chi connectivity index (χ0n) is 21.9. The summed E-state index contributed by atoms with van der Waals surface area (Å²) >= 11 is 0. The van der Waals surface area contributed by atoms with Gasteiger partial charge in [0.2, 0.25) is 0 Å². The van der Waals surface area contributed by atoms with Crippen molar-refractivity contribution in [2.45, 2.75) is 51.6 Å². The SMILES string of the molecule is CCOC(=O)CC(c1ccccc1)n1c(=O)n(Cc2cn(C)c3cccc(C)c23)c2cnc(C3CC3)nc21. The van der Waals surface area contributed by atoms with Crippen molar-refractivity contribution >= 4 is 28.0 Å². The van der Waals surface area contributed by atoms with E-state index in [0.717, 1.165) is 46.3 Å². The summed E-state index contributed by atoms with van der Waals surface area (Å²) in [6.07, 6.45) is 6.00. The lowest BCUT2D eigenvalue weighted by atomic mass is 10.0. The first kappa shape index (κ1) is 24.2. The molecule has 1 saturated carbocycles. The number of ether oxygens (including phenoxy) is 1. The lowest BCUT2D eigenvalue weighted by molar-refractivity contribution is -0.143. The average molecular weight is 510 g/mol. The van der Waals surface area contributed by atoms with E-state index in [9.17, 15) is 9.59 Å². The van der Waals surface area contributed by atoms with E-state index in [4.69, 9.17) is 9.72 Å². The highest BCUT2D eigenvalue weighted by Crippen LogP contribution is 2.38. The Morgan fingerprint density at radius 2 is 1.89 bits per heavy atom. The van der Waals surface area contributed by atoms with Crippen molar-refractivity contribution < 1.29 is 9.53 Å². The maximum absolute atomic E-state index is 14.3. The van der Waals surface area contributed by atoms with Crippen molar-refractivity contribution in [2.75, 3.05) is 6.61 Å². The molecule has 1 aliphatic rings. The number of hydrogen-bond acceptors (Lipinski definition) is 5. The zero-order valence-corrected chi connectivity index (χ0v) is 21.9. The van der Waals surface area contributed by atoms with Gasteiger partial charge in [0, 0.05) is 30.1 Å². The number of nitrogens with zero attached hydrogens (tertiary/aromatic N) is 5. The van der Waals surface area contributed by atoms with Crippen molar-refractivity contribution in [1.29, 1.82) is 0 Å². The van der Waals surface area contributed by atoms with E-state index < -0.39 is 6.04 Å². The summed E-state index contributed by atoms with van der Waals surface area (Å²) in [5.74, 6) is 0.731. The second-order valence-corrected chi connectivity index (χ2v) is 10.1. The van der Waals surface area contributed by atoms with Gasteiger partial charge in [-0.25, -0.2) is 14.8 Å². The quantitative estimate of drug-likeness (QED) is 0.279. The maximum atomic E-state index is 14.3. The van der Waals surface area contributed by atoms with Crippen molar-refractivity contribution in [3.05, 3.63) is 93.9 Å². The fraction of sp³-hybridized carbons (Fsp3) is 0.333. The fourth-order valence-electron chi connectivity index (χ4n) is 5.48. The first-order valence-corrected chi connectivity index (χ1v) is 13.2. The number of aromatic nitrogens is 5. The van der Waals surface area contributed by atoms with Gasteiger partial charge < -0.3 is 9.30 Å². The molecule has 3 heterocycles. The van der Waals surface area contributed by atoms with Gasteiger partial charge in [0.05, 0.1) is 31.8 Å². The molecule has 8 nitrogen and oxygen atoms in total. The highest BCUT2D eigenvalue weighted by molar-refractivity contribution is 5.87. The van der Waals surface area contributed by atoms with Gasteiger partial charge in [-0.05, 0) is 49.4 Å². The van der Waals surface area contributed by atoms with E-state index in [2.05, 4.69) is 34.8 Å². The second kappa shape index (κ2) is 9.59. The molecule has 5 aromatic rings. The third kappa shape index (κ3) is 4.20. The Bertz CT molecular complexity index is 1710. The second-order valence-electron chi connectivity index (χ2n) is 10.1. The van der Waals surface area contributed by atoms with Crippen LogP contribution in [0.15, 0.2) is 65.7 Å². The molecular formula is C30H31N5O3. The fourth-order valence-corrected chi connectivity index (χ4v) is 5.48. The number of rotatable bonds is 8. The smallest absolute Gasteiger partial charge is 0.331 e. The van der Waals surface area contributed by atoms with Crippen LogP contribution in [0.2, 0.25) is 0 Å². The minimum atomic E-state index is -0.553. The number of hydrogen-bond donors (Lipinski definition) is 0. The number of imidazole rings is 1. The van der Waals surface area contributed by atoms with Crippen LogP contribution in [0.4, 0.5) is 0 Å². The molecule has 0 saturated heterocycles. The van der Waals surface area contributed by atoms with Crippen LogP contribution in [-0.2, 0) is 23.1 Å². The van der Waals surface area contributed by atoms with Gasteiger partial charge in [0.1, 0.15) is 11.3 Å². The van der Waals surface area contributed by atoms with Gasteiger partial charge in [-0.2, -0.15) is 0 Å². The van der Waals surface area contributed by atoms with Crippen molar-refractivity contribution in [2.24, 2.45) is 7.05 Å². The van der Waals surface area contributed by atoms with Crippen LogP contribution in [0.1, 0.15) is 60.7 Å². The van der Waals surface area contributed by atoms with Crippen LogP contribution in [0.3, 0.4) is 0 Å². The normalized spacial score (nSPS) is 14.3. The monoisotopic (exact) mass is 509 g/mol. The number of carbonyl (C=O) groups is 1. The van der Waals surface area contributed by atoms with Crippen LogP contribution in [0.5, 0.6) is 0 Å². The van der Waals surface area contributed by atoms with Crippen LogP contribution in [0.25, 0.3) is 22.1 Å². The van der Waals surface area contributed by atoms with E-state index in [1.54, 1.807) is 22.3 Å². The Balaban J connectivity index is 1.56. The minimum absolute atomic E-state index is 0.0347. The first-order chi connectivity index (χ1) is 18.5. The number of aryl methyl sites for hydroxylation is 2. The molecule has 194 valence electrons. The summed E-state index contributed by atoms with van der Waals surface area (Å²) in [6, 6.07) is 15.3. The van der Waals surface area contributed by atoms with E-state index >= 15 is 0 Å². The molecule has 6 rings (SSSR count). The Morgan fingerprint density at radius 3 is 2.63 bits per heavy atom. The first-order valence-electron chi connectivity index (χ1n) is 13.2. The topological polar surface area (TPSA) is 83.9 Å². The Kier molecular flexibility index (Phi) is 6.10. The third-order valence-electron chi connectivity index (χ3n) is 7.46. The van der Waals surface area contributed by atoms with Gasteiger partial charge in [0.15, 0.2) is 5.65 Å². The molecular weight excluding hydrogens is 478 g/mol. The van der Waals surface area contributed by atoms with Gasteiger partial charge in [0.25, 0.3) is 0 Å². The number of benzene rings is 2. The summed E-state index contributed by atoms with van der Waals surface area (Å²) in [7, 11) is 2.02. The average Bonchev–Trinajstić information content (AvgIpc) is 3.67. The molecule has 2 aromatic carbocycles. The summed E-state index contributed by atoms with van der Waals surface area (Å²) in [4.78, 5) is 36.6. The highest BCUT2D eigenvalue weighted by atomic mass is 16.5. The van der Waals surface area contributed by atoms with Crippen molar-refractivity contribution in [1.82, 2.24) is 23.7 Å². The van der Waals surface area contributed by atoms with Crippen molar-refractivity contribution in [3.63, 3.8) is 0 Å². The summed E-state index contributed by atoms with van der Waals surface area (Å²) in [6.45, 7) is 4.53.